The van der Waals surface area contributed by atoms with Gasteiger partial charge in [0.25, 0.3) is 0 Å². The average molecular weight is 253 g/mol. The Labute approximate surface area is 111 Å². The van der Waals surface area contributed by atoms with Gasteiger partial charge >= 0.3 is 0 Å². The molecule has 2 unspecified atom stereocenters. The third-order valence-electron chi connectivity index (χ3n) is 3.31. The Morgan fingerprint density at radius 1 is 1.00 bits per heavy atom. The van der Waals surface area contributed by atoms with Crippen molar-refractivity contribution in [3.63, 3.8) is 0 Å². The molecule has 0 spiro atoms. The Morgan fingerprint density at radius 3 is 2.21 bits per heavy atom. The molecule has 1 aliphatic rings. The molecule has 0 aromatic heterocycles. The van der Waals surface area contributed by atoms with E-state index in [9.17, 15) is 5.11 Å². The molecular weight excluding hydrogens is 238 g/mol. The summed E-state index contributed by atoms with van der Waals surface area (Å²) >= 11 is 0. The van der Waals surface area contributed by atoms with Gasteiger partial charge in [-0.25, -0.2) is 4.99 Å². The highest BCUT2D eigenvalue weighted by atomic mass is 16.3. The number of hydrogen-bond donors (Lipinski definition) is 3. The Kier molecular flexibility index (Phi) is 2.72. The van der Waals surface area contributed by atoms with E-state index < -0.39 is 11.8 Å². The van der Waals surface area contributed by atoms with Gasteiger partial charge in [0.15, 0.2) is 11.7 Å². The fraction of sp³-hybridized carbons (Fsp3) is 0.133. The zero-order valence-electron chi connectivity index (χ0n) is 10.3. The number of nitrogens with two attached hydrogens (primary N) is 1. The summed E-state index contributed by atoms with van der Waals surface area (Å²) < 4.78 is 0. The van der Waals surface area contributed by atoms with Gasteiger partial charge in [0.2, 0.25) is 0 Å². The molecular formula is C15H15N3O. The first-order valence-corrected chi connectivity index (χ1v) is 6.14. The molecule has 4 heteroatoms. The lowest BCUT2D eigenvalue weighted by Gasteiger charge is -2.29. The fourth-order valence-corrected chi connectivity index (χ4v) is 2.40. The van der Waals surface area contributed by atoms with Crippen LogP contribution < -0.4 is 11.1 Å². The summed E-state index contributed by atoms with van der Waals surface area (Å²) in [6.45, 7) is 0. The topological polar surface area (TPSA) is 70.6 Å². The minimum Gasteiger partial charge on any atom is -0.370 e. The number of rotatable bonds is 2. The van der Waals surface area contributed by atoms with Crippen LogP contribution in [0.15, 0.2) is 65.7 Å². The van der Waals surface area contributed by atoms with Crippen molar-refractivity contribution in [2.24, 2.45) is 10.7 Å². The molecule has 96 valence electrons. The van der Waals surface area contributed by atoms with Crippen LogP contribution in [0.2, 0.25) is 0 Å². The molecule has 0 fully saturated rings. The van der Waals surface area contributed by atoms with Crippen molar-refractivity contribution in [3.05, 3.63) is 71.8 Å². The maximum Gasteiger partial charge on any atom is 0.191 e. The molecule has 4 N–H and O–H groups in total. The highest BCUT2D eigenvalue weighted by Crippen LogP contribution is 2.38. The third-order valence-corrected chi connectivity index (χ3v) is 3.31. The van der Waals surface area contributed by atoms with Crippen LogP contribution in [0, 0.1) is 0 Å². The Hall–Kier alpha value is -2.33. The minimum absolute atomic E-state index is 0.250. The monoisotopic (exact) mass is 253 g/mol. The summed E-state index contributed by atoms with van der Waals surface area (Å²) in [6.07, 6.45) is 0. The van der Waals surface area contributed by atoms with E-state index in [1.54, 1.807) is 0 Å². The number of hydrogen-bond acceptors (Lipinski definition) is 4. The van der Waals surface area contributed by atoms with E-state index in [1.165, 1.54) is 0 Å². The molecule has 0 amide bonds. The zero-order chi connectivity index (χ0) is 13.3. The maximum absolute atomic E-state index is 10.9. The first-order valence-electron chi connectivity index (χ1n) is 6.14. The van der Waals surface area contributed by atoms with Crippen LogP contribution in [0.3, 0.4) is 0 Å². The lowest BCUT2D eigenvalue weighted by Crippen LogP contribution is -2.46. The smallest absolute Gasteiger partial charge is 0.191 e. The highest BCUT2D eigenvalue weighted by Gasteiger charge is 2.44. The van der Waals surface area contributed by atoms with Crippen LogP contribution in [0.4, 0.5) is 0 Å². The van der Waals surface area contributed by atoms with Crippen molar-refractivity contribution in [3.8, 4) is 0 Å². The lowest BCUT2D eigenvalue weighted by molar-refractivity contribution is 0.00488. The Morgan fingerprint density at radius 2 is 1.58 bits per heavy atom. The first-order chi connectivity index (χ1) is 9.20. The third kappa shape index (κ3) is 1.96. The highest BCUT2D eigenvalue weighted by molar-refractivity contribution is 5.81. The molecule has 2 aromatic rings. The van der Waals surface area contributed by atoms with E-state index in [-0.39, 0.29) is 5.96 Å². The van der Waals surface area contributed by atoms with Crippen molar-refractivity contribution in [2.75, 3.05) is 0 Å². The quantitative estimate of drug-likeness (QED) is 0.759. The minimum atomic E-state index is -1.30. The van der Waals surface area contributed by atoms with E-state index in [4.69, 9.17) is 5.73 Å². The molecule has 0 aliphatic carbocycles. The number of aliphatic imine (C=N–C) groups is 1. The molecule has 2 aromatic carbocycles. The summed E-state index contributed by atoms with van der Waals surface area (Å²) in [6, 6.07) is 18.6. The van der Waals surface area contributed by atoms with Gasteiger partial charge in [0.05, 0.1) is 0 Å². The van der Waals surface area contributed by atoms with Gasteiger partial charge in [-0.2, -0.15) is 0 Å². The Balaban J connectivity index is 2.07. The van der Waals surface area contributed by atoms with Crippen molar-refractivity contribution in [2.45, 2.75) is 11.8 Å². The molecule has 19 heavy (non-hydrogen) atoms. The summed E-state index contributed by atoms with van der Waals surface area (Å²) in [5.41, 5.74) is 6.12. The van der Waals surface area contributed by atoms with Gasteiger partial charge < -0.3 is 16.2 Å². The molecule has 0 bridgehead atoms. The number of benzene rings is 2. The first kappa shape index (κ1) is 11.7. The van der Waals surface area contributed by atoms with Gasteiger partial charge in [-0.15, -0.1) is 0 Å². The molecule has 4 nitrogen and oxygen atoms in total. The average Bonchev–Trinajstić information content (AvgIpc) is 2.77. The summed E-state index contributed by atoms with van der Waals surface area (Å²) in [5, 5.41) is 13.8. The van der Waals surface area contributed by atoms with E-state index in [0.717, 1.165) is 11.1 Å². The molecule has 1 heterocycles. The van der Waals surface area contributed by atoms with E-state index >= 15 is 0 Å². The fourth-order valence-electron chi connectivity index (χ4n) is 2.40. The standard InChI is InChI=1S/C15H15N3O/c16-14-17-13(11-7-3-1-4-8-11)15(19,18-14)12-9-5-2-6-10-12/h1-10,13,19H,(H3,16,17,18). The SMILES string of the molecule is NC1=NC(c2ccccc2)C(O)(c2ccccc2)N1. The maximum atomic E-state index is 10.9. The van der Waals surface area contributed by atoms with Crippen LogP contribution in [-0.4, -0.2) is 11.1 Å². The number of nitrogens with zero attached hydrogens (tertiary/aromatic N) is 1. The number of aliphatic hydroxyl groups is 1. The van der Waals surface area contributed by atoms with Crippen LogP contribution in [0.1, 0.15) is 17.2 Å². The molecule has 0 radical (unpaired) electrons. The second-order valence-corrected chi connectivity index (χ2v) is 4.58. The molecule has 1 aliphatic heterocycles. The molecule has 0 saturated carbocycles. The van der Waals surface area contributed by atoms with Crippen molar-refractivity contribution in [1.29, 1.82) is 0 Å². The summed E-state index contributed by atoms with van der Waals surface area (Å²) in [4.78, 5) is 4.32. The van der Waals surface area contributed by atoms with Gasteiger partial charge in [-0.05, 0) is 5.56 Å². The van der Waals surface area contributed by atoms with Crippen LogP contribution in [0.25, 0.3) is 0 Å². The number of guanidine groups is 1. The number of nitrogens with one attached hydrogen (secondary N) is 1. The normalized spacial score (nSPS) is 25.7. The van der Waals surface area contributed by atoms with Crippen LogP contribution in [0.5, 0.6) is 0 Å². The van der Waals surface area contributed by atoms with Crippen molar-refractivity contribution in [1.82, 2.24) is 5.32 Å². The molecule has 0 saturated heterocycles. The van der Waals surface area contributed by atoms with Crippen molar-refractivity contribution >= 4 is 5.96 Å². The van der Waals surface area contributed by atoms with E-state index in [2.05, 4.69) is 10.3 Å². The summed E-state index contributed by atoms with van der Waals surface area (Å²) in [5.74, 6) is 0.250. The Bertz CT molecular complexity index is 597. The van der Waals surface area contributed by atoms with Gasteiger partial charge in [0, 0.05) is 5.56 Å². The van der Waals surface area contributed by atoms with E-state index in [1.807, 2.05) is 60.7 Å². The largest absolute Gasteiger partial charge is 0.370 e. The van der Waals surface area contributed by atoms with Gasteiger partial charge in [-0.1, -0.05) is 60.7 Å². The zero-order valence-corrected chi connectivity index (χ0v) is 10.3. The van der Waals surface area contributed by atoms with Gasteiger partial charge in [0.1, 0.15) is 6.04 Å². The van der Waals surface area contributed by atoms with Crippen molar-refractivity contribution < 1.29 is 5.11 Å². The summed E-state index contributed by atoms with van der Waals surface area (Å²) in [7, 11) is 0. The predicted octanol–water partition coefficient (Wildman–Crippen LogP) is 1.49. The second-order valence-electron chi connectivity index (χ2n) is 4.58. The van der Waals surface area contributed by atoms with Crippen LogP contribution in [-0.2, 0) is 5.72 Å². The van der Waals surface area contributed by atoms with Gasteiger partial charge in [-0.3, -0.25) is 0 Å². The lowest BCUT2D eigenvalue weighted by atomic mass is 9.91. The molecule has 2 atom stereocenters. The van der Waals surface area contributed by atoms with Crippen LogP contribution >= 0.6 is 0 Å². The van der Waals surface area contributed by atoms with E-state index in [0.29, 0.717) is 0 Å². The predicted molar refractivity (Wildman–Crippen MR) is 74.3 cm³/mol. The second kappa shape index (κ2) is 4.40. The molecule has 3 rings (SSSR count).